The maximum atomic E-state index is 9.37. The largest absolute Gasteiger partial charge is 0.481 e. The monoisotopic (exact) mass is 318 g/mol. The summed E-state index contributed by atoms with van der Waals surface area (Å²) in [5, 5.41) is 7.72. The van der Waals surface area contributed by atoms with Gasteiger partial charge < -0.3 is 5.11 Å². The Morgan fingerprint density at radius 3 is 1.96 bits per heavy atom. The Balaban J connectivity index is 0.000000138. The van der Waals surface area contributed by atoms with Crippen molar-refractivity contribution in [1.82, 2.24) is 0 Å². The van der Waals surface area contributed by atoms with Gasteiger partial charge in [-0.25, -0.2) is 0 Å². The van der Waals surface area contributed by atoms with Crippen LogP contribution in [0.3, 0.4) is 0 Å². The third-order valence-corrected chi connectivity index (χ3v) is 5.74. The van der Waals surface area contributed by atoms with E-state index in [1.807, 2.05) is 5.57 Å². The molecule has 0 saturated heterocycles. The van der Waals surface area contributed by atoms with Gasteiger partial charge in [0.2, 0.25) is 0 Å². The topological polar surface area (TPSA) is 37.3 Å². The summed E-state index contributed by atoms with van der Waals surface area (Å²) in [7, 11) is 0. The number of unbranched alkanes of at least 4 members (excludes halogenated alkanes) is 1. The predicted molar refractivity (Wildman–Crippen MR) is 96.3 cm³/mol. The van der Waals surface area contributed by atoms with Gasteiger partial charge in [-0.1, -0.05) is 44.1 Å². The van der Waals surface area contributed by atoms with Gasteiger partial charge in [0.1, 0.15) is 0 Å². The van der Waals surface area contributed by atoms with E-state index in [0.717, 1.165) is 23.7 Å². The molecule has 0 amide bonds. The van der Waals surface area contributed by atoms with Gasteiger partial charge in [-0.05, 0) is 75.0 Å². The summed E-state index contributed by atoms with van der Waals surface area (Å²) in [4.78, 5) is 9.37. The number of fused-ring (bicyclic) bond motifs is 4. The zero-order valence-electron chi connectivity index (χ0n) is 15.0. The second-order valence-electron chi connectivity index (χ2n) is 7.58. The first-order valence-electron chi connectivity index (χ1n) is 9.73. The van der Waals surface area contributed by atoms with Crippen molar-refractivity contribution in [2.24, 2.45) is 23.7 Å². The fourth-order valence-electron chi connectivity index (χ4n) is 4.33. The van der Waals surface area contributed by atoms with Gasteiger partial charge in [-0.3, -0.25) is 4.79 Å². The fraction of sp³-hybridized carbons (Fsp3) is 0.762. The molecule has 0 aromatic carbocycles. The summed E-state index contributed by atoms with van der Waals surface area (Å²) in [6.07, 6.45) is 20.6. The van der Waals surface area contributed by atoms with Gasteiger partial charge in [0, 0.05) is 6.42 Å². The smallest absolute Gasteiger partial charge is 0.303 e. The van der Waals surface area contributed by atoms with E-state index < -0.39 is 5.97 Å². The quantitative estimate of drug-likeness (QED) is 0.647. The van der Waals surface area contributed by atoms with Crippen molar-refractivity contribution < 1.29 is 9.90 Å². The van der Waals surface area contributed by atoms with E-state index in [1.165, 1.54) is 57.8 Å². The second kappa shape index (κ2) is 9.30. The molecule has 2 heteroatoms. The number of aliphatic carboxylic acids is 1. The Kier molecular flexibility index (Phi) is 7.39. The number of carbonyl (C=O) groups is 1. The van der Waals surface area contributed by atoms with Gasteiger partial charge >= 0.3 is 5.97 Å². The Bertz CT molecular complexity index is 423. The van der Waals surface area contributed by atoms with E-state index in [9.17, 15) is 4.79 Å². The average Bonchev–Trinajstić information content (AvgIpc) is 3.34. The zero-order valence-corrected chi connectivity index (χ0v) is 15.0. The molecule has 130 valence electrons. The molecule has 4 rings (SSSR count). The summed E-state index contributed by atoms with van der Waals surface area (Å²) in [5.74, 6) is 3.25. The van der Waals surface area contributed by atoms with Crippen LogP contribution >= 0.6 is 0 Å². The van der Waals surface area contributed by atoms with Crippen molar-refractivity contribution in [2.75, 3.05) is 0 Å². The number of hydrogen-bond acceptors (Lipinski definition) is 1. The lowest BCUT2D eigenvalue weighted by Crippen LogP contribution is -1.96. The van der Waals surface area contributed by atoms with Crippen LogP contribution in [0.15, 0.2) is 23.8 Å². The lowest BCUT2D eigenvalue weighted by molar-refractivity contribution is -0.136. The van der Waals surface area contributed by atoms with Crippen LogP contribution in [-0.2, 0) is 4.79 Å². The maximum absolute atomic E-state index is 9.37. The lowest BCUT2D eigenvalue weighted by atomic mass is 9.94. The highest BCUT2D eigenvalue weighted by Gasteiger charge is 2.31. The number of carboxylic acids is 1. The van der Waals surface area contributed by atoms with E-state index in [-0.39, 0.29) is 6.42 Å². The standard InChI is InChI=1S/C11H18.C7H10.C3H6O2/c1-2-3-4-10-7-9-5-6-11(10)8-9;1-2-7-4-3-6(1)5-7;1-2-3(4)5/h7,9,11H,2-6,8H2,1H3;1-2,6-7H,3-5H2;2H2,1H3,(H,4,5). The van der Waals surface area contributed by atoms with Crippen LogP contribution in [0.25, 0.3) is 0 Å². The van der Waals surface area contributed by atoms with E-state index in [4.69, 9.17) is 5.11 Å². The van der Waals surface area contributed by atoms with Crippen molar-refractivity contribution in [2.45, 2.75) is 78.1 Å². The van der Waals surface area contributed by atoms with E-state index in [0.29, 0.717) is 0 Å². The first kappa shape index (κ1) is 18.3. The molecule has 0 radical (unpaired) electrons. The molecule has 0 aliphatic heterocycles. The molecule has 2 saturated carbocycles. The van der Waals surface area contributed by atoms with Gasteiger partial charge in [0.15, 0.2) is 0 Å². The highest BCUT2D eigenvalue weighted by atomic mass is 16.4. The SMILES string of the molecule is C1=CC2CCC1C2.CCC(=O)O.CCCCC1=CC2CCC1C2. The first-order valence-corrected chi connectivity index (χ1v) is 9.73. The molecule has 2 nitrogen and oxygen atoms in total. The van der Waals surface area contributed by atoms with Crippen LogP contribution in [0.4, 0.5) is 0 Å². The number of rotatable bonds is 4. The summed E-state index contributed by atoms with van der Waals surface area (Å²) in [6, 6.07) is 0. The predicted octanol–water partition coefficient (Wildman–Crippen LogP) is 5.99. The zero-order chi connectivity index (χ0) is 16.7. The molecule has 4 aliphatic carbocycles. The minimum atomic E-state index is -0.745. The third-order valence-electron chi connectivity index (χ3n) is 5.74. The van der Waals surface area contributed by atoms with Crippen molar-refractivity contribution in [3.05, 3.63) is 23.8 Å². The normalized spacial score (nSPS) is 32.0. The molecule has 23 heavy (non-hydrogen) atoms. The van der Waals surface area contributed by atoms with Crippen LogP contribution in [-0.4, -0.2) is 11.1 Å². The Hall–Kier alpha value is -1.05. The number of allylic oxidation sites excluding steroid dienone is 4. The highest BCUT2D eigenvalue weighted by Crippen LogP contribution is 2.45. The molecule has 0 heterocycles. The van der Waals surface area contributed by atoms with Crippen LogP contribution in [0, 0.1) is 23.7 Å². The molecule has 0 aromatic heterocycles. The third kappa shape index (κ3) is 5.82. The van der Waals surface area contributed by atoms with E-state index in [2.05, 4.69) is 25.2 Å². The molecule has 4 atom stereocenters. The van der Waals surface area contributed by atoms with Crippen molar-refractivity contribution >= 4 is 5.97 Å². The fourth-order valence-corrected chi connectivity index (χ4v) is 4.33. The molecule has 1 N–H and O–H groups in total. The number of hydrogen-bond donors (Lipinski definition) is 1. The molecule has 4 unspecified atom stereocenters. The highest BCUT2D eigenvalue weighted by molar-refractivity contribution is 5.66. The molecular weight excluding hydrogens is 284 g/mol. The first-order chi connectivity index (χ1) is 11.1. The summed E-state index contributed by atoms with van der Waals surface area (Å²) >= 11 is 0. The molecule has 0 aromatic rings. The van der Waals surface area contributed by atoms with Crippen LogP contribution in [0.5, 0.6) is 0 Å². The van der Waals surface area contributed by atoms with Gasteiger partial charge in [-0.15, -0.1) is 0 Å². The molecular formula is C21H34O2. The maximum Gasteiger partial charge on any atom is 0.303 e. The molecule has 4 aliphatic rings. The number of carboxylic acid groups (broad SMARTS) is 1. The van der Waals surface area contributed by atoms with Crippen LogP contribution < -0.4 is 0 Å². The molecule has 0 spiro atoms. The van der Waals surface area contributed by atoms with E-state index >= 15 is 0 Å². The van der Waals surface area contributed by atoms with Crippen molar-refractivity contribution in [3.8, 4) is 0 Å². The second-order valence-corrected chi connectivity index (χ2v) is 7.58. The summed E-state index contributed by atoms with van der Waals surface area (Å²) < 4.78 is 0. The van der Waals surface area contributed by atoms with Crippen LogP contribution in [0.2, 0.25) is 0 Å². The Labute approximate surface area is 142 Å². The lowest BCUT2D eigenvalue weighted by Gasteiger charge is -2.11. The van der Waals surface area contributed by atoms with Gasteiger partial charge in [-0.2, -0.15) is 0 Å². The molecule has 2 fully saturated rings. The van der Waals surface area contributed by atoms with E-state index in [1.54, 1.807) is 6.92 Å². The van der Waals surface area contributed by atoms with Crippen molar-refractivity contribution in [3.63, 3.8) is 0 Å². The van der Waals surface area contributed by atoms with Gasteiger partial charge in [0.05, 0.1) is 0 Å². The Morgan fingerprint density at radius 2 is 1.65 bits per heavy atom. The summed E-state index contributed by atoms with van der Waals surface area (Å²) in [6.45, 7) is 3.89. The van der Waals surface area contributed by atoms with Crippen molar-refractivity contribution in [1.29, 1.82) is 0 Å². The minimum absolute atomic E-state index is 0.222. The van der Waals surface area contributed by atoms with Gasteiger partial charge in [0.25, 0.3) is 0 Å². The minimum Gasteiger partial charge on any atom is -0.481 e. The molecule has 4 bridgehead atoms. The Morgan fingerprint density at radius 1 is 1.04 bits per heavy atom. The van der Waals surface area contributed by atoms with Crippen LogP contribution in [0.1, 0.15) is 78.1 Å². The average molecular weight is 319 g/mol. The summed E-state index contributed by atoms with van der Waals surface area (Å²) in [5.41, 5.74) is 1.81.